The summed E-state index contributed by atoms with van der Waals surface area (Å²) < 4.78 is 53.2. The van der Waals surface area contributed by atoms with Crippen LogP contribution < -0.4 is 5.32 Å². The number of rotatable bonds is 3. The van der Waals surface area contributed by atoms with Crippen LogP contribution in [0.4, 0.5) is 17.6 Å². The van der Waals surface area contributed by atoms with Crippen LogP contribution in [0.5, 0.6) is 0 Å². The van der Waals surface area contributed by atoms with Crippen LogP contribution >= 0.6 is 0 Å². The molecule has 5 heteroatoms. The van der Waals surface area contributed by atoms with Gasteiger partial charge in [-0.15, -0.1) is 0 Å². The van der Waals surface area contributed by atoms with Crippen molar-refractivity contribution >= 4 is 0 Å². The first-order chi connectivity index (χ1) is 9.04. The van der Waals surface area contributed by atoms with Crippen LogP contribution in [-0.2, 0) is 6.54 Å². The van der Waals surface area contributed by atoms with Gasteiger partial charge >= 0.3 is 0 Å². The zero-order valence-electron chi connectivity index (χ0n) is 10.1. The second kappa shape index (κ2) is 5.40. The molecule has 2 rings (SSSR count). The van der Waals surface area contributed by atoms with E-state index in [9.17, 15) is 17.6 Å². The van der Waals surface area contributed by atoms with Gasteiger partial charge in [-0.2, -0.15) is 0 Å². The summed E-state index contributed by atoms with van der Waals surface area (Å²) in [5, 5.41) is 2.79. The number of hydrogen-bond acceptors (Lipinski definition) is 1. The monoisotopic (exact) mass is 269 g/mol. The molecule has 0 saturated heterocycles. The molecule has 0 bridgehead atoms. The van der Waals surface area contributed by atoms with Crippen LogP contribution in [0.15, 0.2) is 30.3 Å². The highest BCUT2D eigenvalue weighted by molar-refractivity contribution is 5.64. The fraction of sp³-hybridized carbons (Fsp3) is 0.143. The molecule has 0 radical (unpaired) electrons. The second-order valence-corrected chi connectivity index (χ2v) is 4.06. The zero-order chi connectivity index (χ0) is 14.0. The van der Waals surface area contributed by atoms with E-state index >= 15 is 0 Å². The van der Waals surface area contributed by atoms with E-state index in [1.54, 1.807) is 7.05 Å². The first-order valence-electron chi connectivity index (χ1n) is 5.61. The fourth-order valence-electron chi connectivity index (χ4n) is 1.80. The Hall–Kier alpha value is -1.88. The van der Waals surface area contributed by atoms with Gasteiger partial charge in [-0.05, 0) is 30.8 Å². The Morgan fingerprint density at radius 1 is 0.895 bits per heavy atom. The molecular formula is C14H11F4N. The average Bonchev–Trinajstić information content (AvgIpc) is 2.39. The number of hydrogen-bond donors (Lipinski definition) is 1. The van der Waals surface area contributed by atoms with Gasteiger partial charge in [-0.3, -0.25) is 0 Å². The van der Waals surface area contributed by atoms with Crippen LogP contribution in [-0.4, -0.2) is 7.05 Å². The molecule has 19 heavy (non-hydrogen) atoms. The second-order valence-electron chi connectivity index (χ2n) is 4.06. The van der Waals surface area contributed by atoms with E-state index in [2.05, 4.69) is 5.32 Å². The zero-order valence-corrected chi connectivity index (χ0v) is 10.1. The fourth-order valence-corrected chi connectivity index (χ4v) is 1.80. The first-order valence-corrected chi connectivity index (χ1v) is 5.61. The summed E-state index contributed by atoms with van der Waals surface area (Å²) in [5.74, 6) is -4.68. The first kappa shape index (κ1) is 13.5. The quantitative estimate of drug-likeness (QED) is 0.662. The molecule has 0 heterocycles. The van der Waals surface area contributed by atoms with E-state index in [0.717, 1.165) is 18.2 Å². The lowest BCUT2D eigenvalue weighted by Gasteiger charge is -2.08. The third-order valence-corrected chi connectivity index (χ3v) is 2.77. The molecule has 0 unspecified atom stereocenters. The largest absolute Gasteiger partial charge is 0.316 e. The minimum atomic E-state index is -1.56. The van der Waals surface area contributed by atoms with Gasteiger partial charge in [0.25, 0.3) is 0 Å². The number of nitrogens with one attached hydrogen (secondary N) is 1. The normalized spacial score (nSPS) is 10.8. The van der Waals surface area contributed by atoms with Gasteiger partial charge in [0.05, 0.1) is 0 Å². The van der Waals surface area contributed by atoms with Crippen molar-refractivity contribution < 1.29 is 17.6 Å². The van der Waals surface area contributed by atoms with Gasteiger partial charge in [0, 0.05) is 17.7 Å². The smallest absolute Gasteiger partial charge is 0.195 e. The molecule has 100 valence electrons. The molecule has 0 aliphatic heterocycles. The van der Waals surface area contributed by atoms with Gasteiger partial charge in [0.1, 0.15) is 5.82 Å². The van der Waals surface area contributed by atoms with Crippen LogP contribution in [0.3, 0.4) is 0 Å². The Balaban J connectivity index is 2.48. The highest BCUT2D eigenvalue weighted by Crippen LogP contribution is 2.27. The predicted molar refractivity (Wildman–Crippen MR) is 64.5 cm³/mol. The maximum Gasteiger partial charge on any atom is 0.195 e. The van der Waals surface area contributed by atoms with Crippen LogP contribution in [0.25, 0.3) is 11.1 Å². The summed E-state index contributed by atoms with van der Waals surface area (Å²) in [4.78, 5) is 0. The Bertz CT molecular complexity index is 611. The summed E-state index contributed by atoms with van der Waals surface area (Å²) in [7, 11) is 1.67. The lowest BCUT2D eigenvalue weighted by Crippen LogP contribution is -2.07. The van der Waals surface area contributed by atoms with E-state index < -0.39 is 23.3 Å². The standard InChI is InChI=1S/C14H11F4N/c1-19-7-9-3-2-8(6-12(9)16)10-4-5-11(15)14(18)13(10)17/h2-6,19H,7H2,1H3. The Labute approximate surface area is 107 Å². The van der Waals surface area contributed by atoms with Gasteiger partial charge < -0.3 is 5.32 Å². The Morgan fingerprint density at radius 2 is 1.63 bits per heavy atom. The van der Waals surface area contributed by atoms with Crippen molar-refractivity contribution in [3.05, 3.63) is 59.2 Å². The Morgan fingerprint density at radius 3 is 2.26 bits per heavy atom. The molecule has 2 aromatic carbocycles. The molecule has 0 aromatic heterocycles. The lowest BCUT2D eigenvalue weighted by molar-refractivity contribution is 0.449. The predicted octanol–water partition coefficient (Wildman–Crippen LogP) is 3.63. The van der Waals surface area contributed by atoms with Crippen LogP contribution in [0.1, 0.15) is 5.56 Å². The molecule has 0 fully saturated rings. The number of benzene rings is 2. The minimum Gasteiger partial charge on any atom is -0.316 e. The molecule has 2 aromatic rings. The third-order valence-electron chi connectivity index (χ3n) is 2.77. The van der Waals surface area contributed by atoms with Crippen molar-refractivity contribution in [3.8, 4) is 11.1 Å². The highest BCUT2D eigenvalue weighted by atomic mass is 19.2. The molecule has 1 N–H and O–H groups in total. The summed E-state index contributed by atoms with van der Waals surface area (Å²) in [6.45, 7) is 0.326. The molecule has 0 aliphatic carbocycles. The van der Waals surface area contributed by atoms with Gasteiger partial charge in [0.2, 0.25) is 0 Å². The molecule has 0 amide bonds. The van der Waals surface area contributed by atoms with Crippen molar-refractivity contribution in [3.63, 3.8) is 0 Å². The molecule has 0 spiro atoms. The molecule has 1 nitrogen and oxygen atoms in total. The Kier molecular flexibility index (Phi) is 3.85. The maximum absolute atomic E-state index is 13.7. The molecule has 0 atom stereocenters. The minimum absolute atomic E-state index is 0.161. The summed E-state index contributed by atoms with van der Waals surface area (Å²) >= 11 is 0. The van der Waals surface area contributed by atoms with E-state index in [-0.39, 0.29) is 11.1 Å². The van der Waals surface area contributed by atoms with Gasteiger partial charge in [-0.25, -0.2) is 17.6 Å². The lowest BCUT2D eigenvalue weighted by atomic mass is 10.0. The van der Waals surface area contributed by atoms with Crippen LogP contribution in [0, 0.1) is 23.3 Å². The van der Waals surface area contributed by atoms with Crippen molar-refractivity contribution in [1.29, 1.82) is 0 Å². The third kappa shape index (κ3) is 2.61. The van der Waals surface area contributed by atoms with Crippen molar-refractivity contribution in [1.82, 2.24) is 5.32 Å². The van der Waals surface area contributed by atoms with Crippen molar-refractivity contribution in [2.75, 3.05) is 7.05 Å². The topological polar surface area (TPSA) is 12.0 Å². The maximum atomic E-state index is 13.7. The molecule has 0 saturated carbocycles. The van der Waals surface area contributed by atoms with E-state index in [0.29, 0.717) is 12.1 Å². The van der Waals surface area contributed by atoms with Gasteiger partial charge in [0.15, 0.2) is 17.5 Å². The van der Waals surface area contributed by atoms with E-state index in [1.165, 1.54) is 12.1 Å². The van der Waals surface area contributed by atoms with Crippen LogP contribution in [0.2, 0.25) is 0 Å². The van der Waals surface area contributed by atoms with Crippen molar-refractivity contribution in [2.45, 2.75) is 6.54 Å². The SMILES string of the molecule is CNCc1ccc(-c2ccc(F)c(F)c2F)cc1F. The summed E-state index contributed by atoms with van der Waals surface area (Å²) in [6, 6.07) is 5.93. The molecular weight excluding hydrogens is 258 g/mol. The highest BCUT2D eigenvalue weighted by Gasteiger charge is 2.15. The van der Waals surface area contributed by atoms with E-state index in [4.69, 9.17) is 0 Å². The summed E-state index contributed by atoms with van der Waals surface area (Å²) in [5.41, 5.74) is 0.400. The van der Waals surface area contributed by atoms with Crippen molar-refractivity contribution in [2.24, 2.45) is 0 Å². The summed E-state index contributed by atoms with van der Waals surface area (Å²) in [6.07, 6.45) is 0. The number of halogens is 4. The average molecular weight is 269 g/mol. The molecule has 0 aliphatic rings. The van der Waals surface area contributed by atoms with Gasteiger partial charge in [-0.1, -0.05) is 12.1 Å². The van der Waals surface area contributed by atoms with E-state index in [1.807, 2.05) is 0 Å².